The molecule has 2 aromatic carbocycles. The zero-order chi connectivity index (χ0) is 18.5. The highest BCUT2D eigenvalue weighted by Crippen LogP contribution is 2.24. The summed E-state index contributed by atoms with van der Waals surface area (Å²) in [5, 5.41) is 11.6. The zero-order valence-electron chi connectivity index (χ0n) is 13.3. The molecule has 7 heteroatoms. The highest BCUT2D eigenvalue weighted by molar-refractivity contribution is 6.04. The molecule has 0 unspecified atom stereocenters. The summed E-state index contributed by atoms with van der Waals surface area (Å²) in [6.45, 7) is 0. The molecule has 1 heterocycles. The van der Waals surface area contributed by atoms with Crippen molar-refractivity contribution in [3.63, 3.8) is 0 Å². The van der Waals surface area contributed by atoms with Crippen LogP contribution in [0.4, 0.5) is 10.1 Å². The third kappa shape index (κ3) is 4.02. The average molecular weight is 352 g/mol. The number of amides is 1. The molecule has 6 nitrogen and oxygen atoms in total. The highest BCUT2D eigenvalue weighted by atomic mass is 19.1. The van der Waals surface area contributed by atoms with E-state index in [1.807, 2.05) is 6.07 Å². The number of rotatable bonds is 5. The van der Waals surface area contributed by atoms with Crippen LogP contribution in [0.1, 0.15) is 20.7 Å². The number of carboxylic acid groups (broad SMARTS) is 1. The van der Waals surface area contributed by atoms with Gasteiger partial charge in [-0.25, -0.2) is 14.2 Å². The van der Waals surface area contributed by atoms with Gasteiger partial charge in [-0.05, 0) is 36.4 Å². The van der Waals surface area contributed by atoms with E-state index in [1.165, 1.54) is 30.5 Å². The van der Waals surface area contributed by atoms with Gasteiger partial charge < -0.3 is 15.2 Å². The lowest BCUT2D eigenvalue weighted by Gasteiger charge is -2.08. The van der Waals surface area contributed by atoms with E-state index in [1.54, 1.807) is 24.3 Å². The average Bonchev–Trinajstić information content (AvgIpc) is 2.64. The maximum atomic E-state index is 13.9. The minimum Gasteiger partial charge on any atom is -0.478 e. The molecular formula is C19H13FN2O4. The molecule has 1 amide bonds. The third-order valence-electron chi connectivity index (χ3n) is 3.42. The number of carbonyl (C=O) groups excluding carboxylic acids is 1. The molecule has 2 N–H and O–H groups in total. The molecule has 0 bridgehead atoms. The van der Waals surface area contributed by atoms with Crippen molar-refractivity contribution in [2.24, 2.45) is 0 Å². The van der Waals surface area contributed by atoms with Gasteiger partial charge in [0.1, 0.15) is 0 Å². The van der Waals surface area contributed by atoms with Gasteiger partial charge in [0, 0.05) is 23.5 Å². The summed E-state index contributed by atoms with van der Waals surface area (Å²) in [6.07, 6.45) is 1.36. The fourth-order valence-corrected chi connectivity index (χ4v) is 2.16. The third-order valence-corrected chi connectivity index (χ3v) is 3.42. The van der Waals surface area contributed by atoms with Crippen molar-refractivity contribution in [3.8, 4) is 11.6 Å². The Morgan fingerprint density at radius 2 is 1.77 bits per heavy atom. The molecular weight excluding hydrogens is 339 g/mol. The standard InChI is InChI=1S/C19H13FN2O4/c20-15-10-13(19(24)25)6-7-16(15)26-17-11-12(8-9-21-17)18(23)22-14-4-2-1-3-5-14/h1-11H,(H,22,23)(H,24,25). The smallest absolute Gasteiger partial charge is 0.335 e. The van der Waals surface area contributed by atoms with Gasteiger partial charge in [0.05, 0.1) is 5.56 Å². The van der Waals surface area contributed by atoms with Crippen molar-refractivity contribution in [1.29, 1.82) is 0 Å². The summed E-state index contributed by atoms with van der Waals surface area (Å²) in [6, 6.07) is 15.0. The van der Waals surface area contributed by atoms with Crippen molar-refractivity contribution in [3.05, 3.63) is 83.8 Å². The number of pyridine rings is 1. The van der Waals surface area contributed by atoms with Gasteiger partial charge in [0.25, 0.3) is 5.91 Å². The van der Waals surface area contributed by atoms with Gasteiger partial charge in [-0.3, -0.25) is 4.79 Å². The fourth-order valence-electron chi connectivity index (χ4n) is 2.16. The second kappa shape index (κ2) is 7.43. The number of halogens is 1. The number of ether oxygens (including phenoxy) is 1. The Balaban J connectivity index is 1.77. The molecule has 26 heavy (non-hydrogen) atoms. The first-order chi connectivity index (χ1) is 12.5. The first kappa shape index (κ1) is 17.1. The van der Waals surface area contributed by atoms with E-state index in [2.05, 4.69) is 10.3 Å². The summed E-state index contributed by atoms with van der Waals surface area (Å²) in [5.41, 5.74) is 0.715. The second-order valence-electron chi connectivity index (χ2n) is 5.26. The molecule has 0 aliphatic carbocycles. The number of hydrogen-bond acceptors (Lipinski definition) is 4. The molecule has 0 fully saturated rings. The number of para-hydroxylation sites is 1. The Hall–Kier alpha value is -3.74. The van der Waals surface area contributed by atoms with E-state index in [0.717, 1.165) is 6.07 Å². The van der Waals surface area contributed by atoms with Gasteiger partial charge >= 0.3 is 5.97 Å². The van der Waals surface area contributed by atoms with Crippen LogP contribution in [0.15, 0.2) is 66.9 Å². The molecule has 3 rings (SSSR count). The predicted molar refractivity (Wildman–Crippen MR) is 92.1 cm³/mol. The van der Waals surface area contributed by atoms with Gasteiger partial charge in [-0.15, -0.1) is 0 Å². The Labute approximate surface area is 147 Å². The quantitative estimate of drug-likeness (QED) is 0.725. The number of carboxylic acids is 1. The summed E-state index contributed by atoms with van der Waals surface area (Å²) in [7, 11) is 0. The minimum atomic E-state index is -1.24. The van der Waals surface area contributed by atoms with Crippen LogP contribution in [-0.4, -0.2) is 22.0 Å². The monoisotopic (exact) mass is 352 g/mol. The topological polar surface area (TPSA) is 88.5 Å². The van der Waals surface area contributed by atoms with Crippen LogP contribution in [0, 0.1) is 5.82 Å². The van der Waals surface area contributed by atoms with Gasteiger partial charge in [-0.2, -0.15) is 0 Å². The van der Waals surface area contributed by atoms with Crippen molar-refractivity contribution in [2.75, 3.05) is 5.32 Å². The number of nitrogens with one attached hydrogen (secondary N) is 1. The number of aromatic nitrogens is 1. The van der Waals surface area contributed by atoms with E-state index in [4.69, 9.17) is 9.84 Å². The zero-order valence-corrected chi connectivity index (χ0v) is 13.3. The molecule has 1 aromatic heterocycles. The van der Waals surface area contributed by atoms with Crippen LogP contribution < -0.4 is 10.1 Å². The molecule has 130 valence electrons. The molecule has 0 saturated carbocycles. The van der Waals surface area contributed by atoms with Crippen molar-refractivity contribution in [2.45, 2.75) is 0 Å². The van der Waals surface area contributed by atoms with E-state index < -0.39 is 11.8 Å². The largest absolute Gasteiger partial charge is 0.478 e. The van der Waals surface area contributed by atoms with Crippen molar-refractivity contribution in [1.82, 2.24) is 4.98 Å². The summed E-state index contributed by atoms with van der Waals surface area (Å²) in [4.78, 5) is 27.0. The Kier molecular flexibility index (Phi) is 4.89. The lowest BCUT2D eigenvalue weighted by Crippen LogP contribution is -2.12. The van der Waals surface area contributed by atoms with Crippen LogP contribution in [0.2, 0.25) is 0 Å². The molecule has 0 saturated heterocycles. The Bertz CT molecular complexity index is 961. The summed E-state index contributed by atoms with van der Waals surface area (Å²) < 4.78 is 19.3. The van der Waals surface area contributed by atoms with Crippen LogP contribution in [0.5, 0.6) is 11.6 Å². The van der Waals surface area contributed by atoms with E-state index in [0.29, 0.717) is 5.69 Å². The highest BCUT2D eigenvalue weighted by Gasteiger charge is 2.12. The lowest BCUT2D eigenvalue weighted by molar-refractivity contribution is 0.0696. The number of nitrogens with zero attached hydrogens (tertiary/aromatic N) is 1. The van der Waals surface area contributed by atoms with Gasteiger partial charge in [-0.1, -0.05) is 18.2 Å². The van der Waals surface area contributed by atoms with Crippen molar-refractivity contribution >= 4 is 17.6 Å². The lowest BCUT2D eigenvalue weighted by atomic mass is 10.2. The summed E-state index contributed by atoms with van der Waals surface area (Å²) >= 11 is 0. The molecule has 0 radical (unpaired) electrons. The predicted octanol–water partition coefficient (Wildman–Crippen LogP) is 3.96. The molecule has 3 aromatic rings. The van der Waals surface area contributed by atoms with Crippen molar-refractivity contribution < 1.29 is 23.8 Å². The van der Waals surface area contributed by atoms with Gasteiger partial charge in [0.15, 0.2) is 11.6 Å². The number of carbonyl (C=O) groups is 2. The number of hydrogen-bond donors (Lipinski definition) is 2. The maximum absolute atomic E-state index is 13.9. The minimum absolute atomic E-state index is 0.00712. The Morgan fingerprint density at radius 1 is 1.00 bits per heavy atom. The summed E-state index contributed by atoms with van der Waals surface area (Å²) in [5.74, 6) is -2.64. The first-order valence-corrected chi connectivity index (χ1v) is 7.56. The molecule has 0 atom stereocenters. The van der Waals surface area contributed by atoms with Gasteiger partial charge in [0.2, 0.25) is 5.88 Å². The van der Waals surface area contributed by atoms with E-state index in [9.17, 15) is 14.0 Å². The van der Waals surface area contributed by atoms with Crippen LogP contribution in [0.3, 0.4) is 0 Å². The van der Waals surface area contributed by atoms with Crippen LogP contribution in [-0.2, 0) is 0 Å². The van der Waals surface area contributed by atoms with Crippen LogP contribution in [0.25, 0.3) is 0 Å². The normalized spacial score (nSPS) is 10.2. The number of benzene rings is 2. The fraction of sp³-hybridized carbons (Fsp3) is 0. The SMILES string of the molecule is O=C(O)c1ccc(Oc2cc(C(=O)Nc3ccccc3)ccn2)c(F)c1. The van der Waals surface area contributed by atoms with E-state index in [-0.39, 0.29) is 28.7 Å². The Morgan fingerprint density at radius 3 is 2.46 bits per heavy atom. The van der Waals surface area contributed by atoms with E-state index >= 15 is 0 Å². The number of aromatic carboxylic acids is 1. The second-order valence-corrected chi connectivity index (χ2v) is 5.26. The molecule has 0 spiro atoms. The maximum Gasteiger partial charge on any atom is 0.335 e. The number of anilines is 1. The first-order valence-electron chi connectivity index (χ1n) is 7.56. The molecule has 0 aliphatic heterocycles. The van der Waals surface area contributed by atoms with Crippen LogP contribution >= 0.6 is 0 Å². The molecule has 0 aliphatic rings.